The van der Waals surface area contributed by atoms with Crippen molar-refractivity contribution in [3.63, 3.8) is 0 Å². The summed E-state index contributed by atoms with van der Waals surface area (Å²) in [7, 11) is -3.56. The topological polar surface area (TPSA) is 93.7 Å². The molecule has 0 aromatic heterocycles. The molecule has 3 aromatic rings. The van der Waals surface area contributed by atoms with Crippen molar-refractivity contribution in [1.82, 2.24) is 4.72 Å². The first-order valence-corrected chi connectivity index (χ1v) is 11.8. The molecule has 2 N–H and O–H groups in total. The van der Waals surface area contributed by atoms with Crippen LogP contribution in [-0.4, -0.2) is 27.5 Å². The molecule has 3 aromatic carbocycles. The highest BCUT2D eigenvalue weighted by Crippen LogP contribution is 2.32. The molecule has 1 amide bonds. The van der Waals surface area contributed by atoms with Gasteiger partial charge in [-0.25, -0.2) is 13.1 Å². The van der Waals surface area contributed by atoms with Gasteiger partial charge in [-0.15, -0.1) is 0 Å². The van der Waals surface area contributed by atoms with Crippen molar-refractivity contribution in [3.05, 3.63) is 77.8 Å². The molecule has 0 saturated carbocycles. The number of hydrogen-bond donors (Lipinski definition) is 2. The number of carbonyl (C=O) groups excluding carboxylic acids is 1. The third-order valence-electron chi connectivity index (χ3n) is 4.23. The zero-order valence-corrected chi connectivity index (χ0v) is 18.9. The number of amides is 1. The third kappa shape index (κ3) is 6.71. The molecular weight excluding hydrogens is 452 g/mol. The lowest BCUT2D eigenvalue weighted by Crippen LogP contribution is -2.24. The van der Waals surface area contributed by atoms with Gasteiger partial charge in [0.05, 0.1) is 10.6 Å². The Morgan fingerprint density at radius 3 is 2.38 bits per heavy atom. The molecule has 0 spiro atoms. The van der Waals surface area contributed by atoms with Crippen LogP contribution < -0.4 is 19.5 Å². The summed E-state index contributed by atoms with van der Waals surface area (Å²) in [6.07, 6.45) is 0.695. The Hall–Kier alpha value is -3.07. The number of sulfonamides is 1. The number of anilines is 1. The van der Waals surface area contributed by atoms with Crippen LogP contribution in [0.25, 0.3) is 0 Å². The molecule has 0 bridgehead atoms. The summed E-state index contributed by atoms with van der Waals surface area (Å²) in [5.41, 5.74) is 0.401. The van der Waals surface area contributed by atoms with Crippen molar-refractivity contribution in [3.8, 4) is 17.2 Å². The number of rotatable bonds is 10. The van der Waals surface area contributed by atoms with Gasteiger partial charge in [-0.05, 0) is 61.0 Å². The van der Waals surface area contributed by atoms with Crippen LogP contribution >= 0.6 is 11.6 Å². The van der Waals surface area contributed by atoms with Gasteiger partial charge in [0, 0.05) is 11.6 Å². The van der Waals surface area contributed by atoms with Gasteiger partial charge in [-0.3, -0.25) is 4.79 Å². The predicted octanol–water partition coefficient (Wildman–Crippen LogP) is 4.84. The highest BCUT2D eigenvalue weighted by molar-refractivity contribution is 7.89. The number of para-hydroxylation sites is 1. The standard InChI is InChI=1S/C23H23ClN2O5S/c1-2-14-25-32(28,29)20-11-9-18(10-12-20)30-16-23(27)26-21-15-17(24)8-13-22(21)31-19-6-4-3-5-7-19/h3-13,15,25H,2,14,16H2,1H3,(H,26,27). The molecule has 0 atom stereocenters. The summed E-state index contributed by atoms with van der Waals surface area (Å²) in [6.45, 7) is 1.96. The fourth-order valence-corrected chi connectivity index (χ4v) is 3.98. The average Bonchev–Trinajstić information content (AvgIpc) is 2.79. The number of halogens is 1. The molecular formula is C23H23ClN2O5S. The van der Waals surface area contributed by atoms with Crippen LogP contribution in [-0.2, 0) is 14.8 Å². The molecule has 0 heterocycles. The predicted molar refractivity (Wildman–Crippen MR) is 124 cm³/mol. The Bertz CT molecular complexity index is 1150. The highest BCUT2D eigenvalue weighted by Gasteiger charge is 2.14. The lowest BCUT2D eigenvalue weighted by Gasteiger charge is -2.13. The first-order valence-electron chi connectivity index (χ1n) is 9.92. The van der Waals surface area contributed by atoms with Crippen LogP contribution in [0.3, 0.4) is 0 Å². The van der Waals surface area contributed by atoms with Gasteiger partial charge in [0.2, 0.25) is 10.0 Å². The molecule has 3 rings (SSSR count). The summed E-state index contributed by atoms with van der Waals surface area (Å²) < 4.78 is 38.0. The van der Waals surface area contributed by atoms with Crippen LogP contribution in [0.4, 0.5) is 5.69 Å². The van der Waals surface area contributed by atoms with E-state index in [9.17, 15) is 13.2 Å². The first-order chi connectivity index (χ1) is 15.4. The zero-order valence-electron chi connectivity index (χ0n) is 17.4. The van der Waals surface area contributed by atoms with Crippen molar-refractivity contribution < 1.29 is 22.7 Å². The number of carbonyl (C=O) groups is 1. The fraction of sp³-hybridized carbons (Fsp3) is 0.174. The Morgan fingerprint density at radius 2 is 1.69 bits per heavy atom. The van der Waals surface area contributed by atoms with E-state index in [1.165, 1.54) is 24.3 Å². The average molecular weight is 475 g/mol. The molecule has 32 heavy (non-hydrogen) atoms. The largest absolute Gasteiger partial charge is 0.484 e. The maximum atomic E-state index is 12.4. The van der Waals surface area contributed by atoms with Crippen LogP contribution in [0.15, 0.2) is 77.7 Å². The maximum Gasteiger partial charge on any atom is 0.262 e. The zero-order chi connectivity index (χ0) is 23.0. The van der Waals surface area contributed by atoms with Gasteiger partial charge < -0.3 is 14.8 Å². The van der Waals surface area contributed by atoms with E-state index in [4.69, 9.17) is 21.1 Å². The van der Waals surface area contributed by atoms with Gasteiger partial charge in [-0.2, -0.15) is 0 Å². The van der Waals surface area contributed by atoms with E-state index < -0.39 is 15.9 Å². The molecule has 7 nitrogen and oxygen atoms in total. The summed E-state index contributed by atoms with van der Waals surface area (Å²) in [6, 6.07) is 19.9. The Kier molecular flexibility index (Phi) is 8.10. The van der Waals surface area contributed by atoms with Gasteiger partial charge >= 0.3 is 0 Å². The van der Waals surface area contributed by atoms with Crippen molar-refractivity contribution in [2.45, 2.75) is 18.2 Å². The van der Waals surface area contributed by atoms with Crippen LogP contribution in [0.2, 0.25) is 5.02 Å². The van der Waals surface area contributed by atoms with Crippen molar-refractivity contribution in [2.24, 2.45) is 0 Å². The van der Waals surface area contributed by atoms with E-state index in [2.05, 4.69) is 10.0 Å². The first kappa shape index (κ1) is 23.6. The monoisotopic (exact) mass is 474 g/mol. The fourth-order valence-electron chi connectivity index (χ4n) is 2.67. The molecule has 0 radical (unpaired) electrons. The quantitative estimate of drug-likeness (QED) is 0.438. The second kappa shape index (κ2) is 11.0. The van der Waals surface area contributed by atoms with Gasteiger partial charge in [0.25, 0.3) is 5.91 Å². The number of benzene rings is 3. The van der Waals surface area contributed by atoms with Gasteiger partial charge in [0.15, 0.2) is 12.4 Å². The second-order valence-electron chi connectivity index (χ2n) is 6.76. The third-order valence-corrected chi connectivity index (χ3v) is 5.94. The van der Waals surface area contributed by atoms with E-state index in [-0.39, 0.29) is 11.5 Å². The van der Waals surface area contributed by atoms with Crippen molar-refractivity contribution in [2.75, 3.05) is 18.5 Å². The second-order valence-corrected chi connectivity index (χ2v) is 8.97. The van der Waals surface area contributed by atoms with Crippen molar-refractivity contribution >= 4 is 33.2 Å². The number of hydrogen-bond acceptors (Lipinski definition) is 5. The molecule has 0 aliphatic heterocycles. The minimum atomic E-state index is -3.56. The molecule has 0 fully saturated rings. The minimum absolute atomic E-state index is 0.129. The number of nitrogens with one attached hydrogen (secondary N) is 2. The molecule has 0 aliphatic carbocycles. The summed E-state index contributed by atoms with van der Waals surface area (Å²) in [5.74, 6) is 0.987. The minimum Gasteiger partial charge on any atom is -0.484 e. The van der Waals surface area contributed by atoms with Gasteiger partial charge in [0.1, 0.15) is 11.5 Å². The van der Waals surface area contributed by atoms with Crippen LogP contribution in [0.1, 0.15) is 13.3 Å². The highest BCUT2D eigenvalue weighted by atomic mass is 35.5. The summed E-state index contributed by atoms with van der Waals surface area (Å²) >= 11 is 6.07. The summed E-state index contributed by atoms with van der Waals surface area (Å²) in [5, 5.41) is 3.16. The normalized spacial score (nSPS) is 11.1. The van der Waals surface area contributed by atoms with E-state index >= 15 is 0 Å². The van der Waals surface area contributed by atoms with Crippen LogP contribution in [0, 0.1) is 0 Å². The SMILES string of the molecule is CCCNS(=O)(=O)c1ccc(OCC(=O)Nc2cc(Cl)ccc2Oc2ccccc2)cc1. The molecule has 0 saturated heterocycles. The molecule has 0 aliphatic rings. The van der Waals surface area contributed by atoms with E-state index in [0.29, 0.717) is 40.9 Å². The molecule has 0 unspecified atom stereocenters. The molecule has 168 valence electrons. The van der Waals surface area contributed by atoms with E-state index in [1.54, 1.807) is 30.3 Å². The molecule has 9 heteroatoms. The smallest absolute Gasteiger partial charge is 0.262 e. The van der Waals surface area contributed by atoms with E-state index in [1.807, 2.05) is 25.1 Å². The van der Waals surface area contributed by atoms with E-state index in [0.717, 1.165) is 0 Å². The Morgan fingerprint density at radius 1 is 0.969 bits per heavy atom. The maximum absolute atomic E-state index is 12.4. The Labute approximate surface area is 192 Å². The Balaban J connectivity index is 1.61. The van der Waals surface area contributed by atoms with Crippen LogP contribution in [0.5, 0.6) is 17.2 Å². The lowest BCUT2D eigenvalue weighted by molar-refractivity contribution is -0.118. The summed E-state index contributed by atoms with van der Waals surface area (Å²) in [4.78, 5) is 12.5. The lowest BCUT2D eigenvalue weighted by atomic mass is 10.2. The number of ether oxygens (including phenoxy) is 2. The van der Waals surface area contributed by atoms with Gasteiger partial charge in [-0.1, -0.05) is 36.7 Å². The van der Waals surface area contributed by atoms with Crippen molar-refractivity contribution in [1.29, 1.82) is 0 Å².